The summed E-state index contributed by atoms with van der Waals surface area (Å²) in [6.07, 6.45) is 5.45. The summed E-state index contributed by atoms with van der Waals surface area (Å²) < 4.78 is 0. The van der Waals surface area contributed by atoms with Gasteiger partial charge in [-0.3, -0.25) is 5.32 Å². The van der Waals surface area contributed by atoms with Crippen molar-refractivity contribution >= 4 is 6.09 Å². The van der Waals surface area contributed by atoms with Gasteiger partial charge in [-0.25, -0.2) is 4.79 Å². The van der Waals surface area contributed by atoms with Crippen molar-refractivity contribution in [2.24, 2.45) is 0 Å². The maximum absolute atomic E-state index is 9.78. The highest BCUT2D eigenvalue weighted by Gasteiger charge is 1.82. The molecule has 0 radical (unpaired) electrons. The van der Waals surface area contributed by atoms with E-state index in [-0.39, 0.29) is 0 Å². The molecule has 0 bridgehead atoms. The van der Waals surface area contributed by atoms with Gasteiger partial charge in [0.2, 0.25) is 0 Å². The van der Waals surface area contributed by atoms with Gasteiger partial charge in [0, 0.05) is 6.20 Å². The average Bonchev–Trinajstić information content (AvgIpc) is 1.80. The standard InChI is InChI=1S/C6H9NO2/c1-2-3-4-5-7-6(8)9/h2-5,7H,1H3,(H,8,9)/b3-2+,5-4?. The third-order valence-corrected chi connectivity index (χ3v) is 0.607. The van der Waals surface area contributed by atoms with Gasteiger partial charge >= 0.3 is 6.09 Å². The molecule has 0 aromatic heterocycles. The van der Waals surface area contributed by atoms with E-state index in [9.17, 15) is 4.79 Å². The number of rotatable bonds is 2. The van der Waals surface area contributed by atoms with Crippen molar-refractivity contribution in [3.8, 4) is 0 Å². The maximum Gasteiger partial charge on any atom is 0.408 e. The third-order valence-electron chi connectivity index (χ3n) is 0.607. The first-order valence-corrected chi connectivity index (χ1v) is 2.54. The van der Waals surface area contributed by atoms with Crippen LogP contribution >= 0.6 is 0 Å². The molecule has 0 unspecified atom stereocenters. The third kappa shape index (κ3) is 6.75. The first-order chi connectivity index (χ1) is 4.27. The molecule has 0 aromatic rings. The van der Waals surface area contributed by atoms with E-state index >= 15 is 0 Å². The topological polar surface area (TPSA) is 49.3 Å². The average molecular weight is 127 g/mol. The molecule has 0 saturated heterocycles. The van der Waals surface area contributed by atoms with Crippen LogP contribution in [0.4, 0.5) is 4.79 Å². The second-order valence-electron chi connectivity index (χ2n) is 1.33. The minimum absolute atomic E-state index is 1.05. The Morgan fingerprint density at radius 2 is 2.22 bits per heavy atom. The van der Waals surface area contributed by atoms with Crippen LogP contribution in [0.2, 0.25) is 0 Å². The Balaban J connectivity index is 3.36. The minimum Gasteiger partial charge on any atom is -0.465 e. The fourth-order valence-corrected chi connectivity index (χ4v) is 0.286. The molecular formula is C6H9NO2. The van der Waals surface area contributed by atoms with Crippen LogP contribution in [0.5, 0.6) is 0 Å². The summed E-state index contributed by atoms with van der Waals surface area (Å²) in [5, 5.41) is 10.1. The summed E-state index contributed by atoms with van der Waals surface area (Å²) in [5.74, 6) is 0. The van der Waals surface area contributed by atoms with Crippen molar-refractivity contribution in [1.29, 1.82) is 0 Å². The SMILES string of the molecule is C/C=C/C=CNC(=O)O. The van der Waals surface area contributed by atoms with Crippen LogP contribution in [-0.2, 0) is 0 Å². The molecule has 0 spiro atoms. The largest absolute Gasteiger partial charge is 0.465 e. The van der Waals surface area contributed by atoms with Crippen molar-refractivity contribution in [2.45, 2.75) is 6.92 Å². The number of nitrogens with one attached hydrogen (secondary N) is 1. The van der Waals surface area contributed by atoms with E-state index in [4.69, 9.17) is 5.11 Å². The molecule has 3 nitrogen and oxygen atoms in total. The molecule has 50 valence electrons. The van der Waals surface area contributed by atoms with E-state index in [1.165, 1.54) is 6.20 Å². The number of carboxylic acid groups (broad SMARTS) is 1. The fraction of sp³-hybridized carbons (Fsp3) is 0.167. The van der Waals surface area contributed by atoms with Crippen LogP contribution in [0.3, 0.4) is 0 Å². The number of amides is 1. The molecule has 0 rings (SSSR count). The van der Waals surface area contributed by atoms with Gasteiger partial charge in [0.15, 0.2) is 0 Å². The van der Waals surface area contributed by atoms with Gasteiger partial charge in [0.05, 0.1) is 0 Å². The molecule has 0 heterocycles. The zero-order valence-corrected chi connectivity index (χ0v) is 5.16. The number of hydrogen-bond donors (Lipinski definition) is 2. The van der Waals surface area contributed by atoms with E-state index in [0.29, 0.717) is 0 Å². The minimum atomic E-state index is -1.05. The van der Waals surface area contributed by atoms with Crippen LogP contribution in [0.25, 0.3) is 0 Å². The van der Waals surface area contributed by atoms with Crippen molar-refractivity contribution in [3.63, 3.8) is 0 Å². The summed E-state index contributed by atoms with van der Waals surface area (Å²) in [6, 6.07) is 0. The summed E-state index contributed by atoms with van der Waals surface area (Å²) in [6.45, 7) is 1.85. The van der Waals surface area contributed by atoms with Crippen molar-refractivity contribution in [3.05, 3.63) is 24.4 Å². The zero-order chi connectivity index (χ0) is 7.11. The molecule has 9 heavy (non-hydrogen) atoms. The maximum atomic E-state index is 9.78. The Morgan fingerprint density at radius 3 is 2.67 bits per heavy atom. The Labute approximate surface area is 53.7 Å². The predicted octanol–water partition coefficient (Wildman–Crippen LogP) is 1.34. The van der Waals surface area contributed by atoms with Gasteiger partial charge in [-0.1, -0.05) is 12.2 Å². The Morgan fingerprint density at radius 1 is 1.56 bits per heavy atom. The van der Waals surface area contributed by atoms with E-state index in [1.807, 2.05) is 6.92 Å². The lowest BCUT2D eigenvalue weighted by molar-refractivity contribution is 0.198. The molecule has 3 heteroatoms. The Bertz CT molecular complexity index is 138. The second-order valence-corrected chi connectivity index (χ2v) is 1.33. The van der Waals surface area contributed by atoms with Crippen LogP contribution in [-0.4, -0.2) is 11.2 Å². The smallest absolute Gasteiger partial charge is 0.408 e. The van der Waals surface area contributed by atoms with Crippen LogP contribution < -0.4 is 5.32 Å². The summed E-state index contributed by atoms with van der Waals surface area (Å²) in [5.41, 5.74) is 0. The van der Waals surface area contributed by atoms with Gasteiger partial charge in [-0.15, -0.1) is 0 Å². The van der Waals surface area contributed by atoms with Crippen molar-refractivity contribution in [1.82, 2.24) is 5.32 Å². The van der Waals surface area contributed by atoms with Crippen molar-refractivity contribution in [2.75, 3.05) is 0 Å². The monoisotopic (exact) mass is 127 g/mol. The number of carbonyl (C=O) groups is 1. The van der Waals surface area contributed by atoms with Gasteiger partial charge in [-0.2, -0.15) is 0 Å². The highest BCUT2D eigenvalue weighted by molar-refractivity contribution is 5.65. The molecule has 0 aliphatic carbocycles. The molecule has 2 N–H and O–H groups in total. The van der Waals surface area contributed by atoms with Crippen LogP contribution in [0, 0.1) is 0 Å². The van der Waals surface area contributed by atoms with E-state index < -0.39 is 6.09 Å². The lowest BCUT2D eigenvalue weighted by Gasteiger charge is -1.84. The Hall–Kier alpha value is -1.25. The Kier molecular flexibility index (Phi) is 4.22. The summed E-state index contributed by atoms with van der Waals surface area (Å²) in [7, 11) is 0. The normalized spacial score (nSPS) is 10.8. The molecule has 0 saturated carbocycles. The molecule has 0 aliphatic heterocycles. The molecule has 0 aliphatic rings. The first kappa shape index (κ1) is 7.75. The summed E-state index contributed by atoms with van der Waals surface area (Å²) in [4.78, 5) is 9.78. The van der Waals surface area contributed by atoms with Gasteiger partial charge in [0.1, 0.15) is 0 Å². The fourth-order valence-electron chi connectivity index (χ4n) is 0.286. The highest BCUT2D eigenvalue weighted by Crippen LogP contribution is 1.71. The summed E-state index contributed by atoms with van der Waals surface area (Å²) >= 11 is 0. The van der Waals surface area contributed by atoms with Crippen molar-refractivity contribution < 1.29 is 9.90 Å². The molecule has 0 fully saturated rings. The van der Waals surface area contributed by atoms with Crippen LogP contribution in [0.15, 0.2) is 24.4 Å². The quantitative estimate of drug-likeness (QED) is 0.550. The van der Waals surface area contributed by atoms with Gasteiger partial charge in [0.25, 0.3) is 0 Å². The molecule has 0 atom stereocenters. The van der Waals surface area contributed by atoms with E-state index in [1.54, 1.807) is 18.2 Å². The molecular weight excluding hydrogens is 118 g/mol. The number of hydrogen-bond acceptors (Lipinski definition) is 1. The van der Waals surface area contributed by atoms with Gasteiger partial charge in [-0.05, 0) is 13.0 Å². The van der Waals surface area contributed by atoms with E-state index in [0.717, 1.165) is 0 Å². The predicted molar refractivity (Wildman–Crippen MR) is 35.1 cm³/mol. The zero-order valence-electron chi connectivity index (χ0n) is 5.16. The van der Waals surface area contributed by atoms with E-state index in [2.05, 4.69) is 5.32 Å². The highest BCUT2D eigenvalue weighted by atomic mass is 16.4. The lowest BCUT2D eigenvalue weighted by Crippen LogP contribution is -2.12. The molecule has 1 amide bonds. The lowest BCUT2D eigenvalue weighted by atomic mass is 10.5. The number of allylic oxidation sites excluding steroid dienone is 3. The molecule has 0 aromatic carbocycles. The van der Waals surface area contributed by atoms with Gasteiger partial charge < -0.3 is 5.11 Å². The first-order valence-electron chi connectivity index (χ1n) is 2.54. The van der Waals surface area contributed by atoms with Crippen LogP contribution in [0.1, 0.15) is 6.92 Å². The second kappa shape index (κ2) is 4.90.